The van der Waals surface area contributed by atoms with Crippen LogP contribution in [0.5, 0.6) is 0 Å². The summed E-state index contributed by atoms with van der Waals surface area (Å²) >= 11 is 1.84. The van der Waals surface area contributed by atoms with Crippen LogP contribution in [0.1, 0.15) is 30.0 Å². The van der Waals surface area contributed by atoms with Crippen molar-refractivity contribution in [2.75, 3.05) is 23.9 Å². The number of nitrogens with one attached hydrogen (secondary N) is 1. The quantitative estimate of drug-likeness (QED) is 0.798. The maximum absolute atomic E-state index is 11.6. The lowest BCUT2D eigenvalue weighted by atomic mass is 10.3. The molecule has 1 unspecified atom stereocenters. The highest BCUT2D eigenvalue weighted by Crippen LogP contribution is 2.15. The summed E-state index contributed by atoms with van der Waals surface area (Å²) in [5.41, 5.74) is 0.372. The molecule has 0 aliphatic carbocycles. The minimum atomic E-state index is -0.423. The molecule has 1 atom stereocenters. The fourth-order valence-electron chi connectivity index (χ4n) is 1.41. The molecular formula is C12H19N3O2S. The van der Waals surface area contributed by atoms with Crippen LogP contribution in [0.15, 0.2) is 6.20 Å². The largest absolute Gasteiger partial charge is 0.465 e. The third-order valence-corrected chi connectivity index (χ3v) is 3.41. The number of ether oxygens (including phenoxy) is 1. The summed E-state index contributed by atoms with van der Waals surface area (Å²) in [5, 5.41) is 3.23. The van der Waals surface area contributed by atoms with Crippen LogP contribution in [0, 0.1) is 6.92 Å². The predicted octanol–water partition coefficient (Wildman–Crippen LogP) is 2.13. The zero-order valence-corrected chi connectivity index (χ0v) is 12.0. The molecule has 0 bridgehead atoms. The van der Waals surface area contributed by atoms with Gasteiger partial charge in [0.15, 0.2) is 0 Å². The van der Waals surface area contributed by atoms with Gasteiger partial charge in [-0.15, -0.1) is 0 Å². The third kappa shape index (κ3) is 4.18. The monoisotopic (exact) mass is 269 g/mol. The van der Waals surface area contributed by atoms with Crippen molar-refractivity contribution in [1.29, 1.82) is 0 Å². The summed E-state index contributed by atoms with van der Waals surface area (Å²) in [6.45, 7) is 5.96. The van der Waals surface area contributed by atoms with Gasteiger partial charge in [0.25, 0.3) is 0 Å². The first kappa shape index (κ1) is 14.8. The molecule has 0 saturated carbocycles. The number of esters is 1. The number of nitrogens with zero attached hydrogens (tertiary/aromatic N) is 2. The number of thioether (sulfide) groups is 1. The molecule has 0 saturated heterocycles. The molecule has 5 nitrogen and oxygen atoms in total. The maximum Gasteiger partial charge on any atom is 0.343 e. The summed E-state index contributed by atoms with van der Waals surface area (Å²) in [7, 11) is 1.35. The van der Waals surface area contributed by atoms with Gasteiger partial charge in [0.1, 0.15) is 17.2 Å². The van der Waals surface area contributed by atoms with Gasteiger partial charge in [0.2, 0.25) is 0 Å². The number of rotatable bonds is 6. The van der Waals surface area contributed by atoms with Crippen LogP contribution in [-0.4, -0.2) is 40.6 Å². The third-order valence-electron chi connectivity index (χ3n) is 2.27. The summed E-state index contributed by atoms with van der Waals surface area (Å²) in [5.74, 6) is 2.77. The lowest BCUT2D eigenvalue weighted by molar-refractivity contribution is 0.0601. The van der Waals surface area contributed by atoms with Gasteiger partial charge < -0.3 is 10.1 Å². The number of methoxy groups -OCH3 is 1. The van der Waals surface area contributed by atoms with Crippen LogP contribution in [0.3, 0.4) is 0 Å². The number of aryl methyl sites for hydroxylation is 1. The molecule has 6 heteroatoms. The predicted molar refractivity (Wildman–Crippen MR) is 74.2 cm³/mol. The van der Waals surface area contributed by atoms with Crippen LogP contribution < -0.4 is 5.32 Å². The van der Waals surface area contributed by atoms with Crippen LogP contribution in [0.4, 0.5) is 5.82 Å². The van der Waals surface area contributed by atoms with E-state index in [1.165, 1.54) is 13.3 Å². The molecule has 1 heterocycles. The number of carbonyl (C=O) groups is 1. The summed E-state index contributed by atoms with van der Waals surface area (Å²) in [6.07, 6.45) is 1.50. The molecule has 1 rings (SSSR count). The highest BCUT2D eigenvalue weighted by molar-refractivity contribution is 7.99. The highest BCUT2D eigenvalue weighted by atomic mass is 32.2. The summed E-state index contributed by atoms with van der Waals surface area (Å²) in [4.78, 5) is 19.9. The number of anilines is 1. The van der Waals surface area contributed by atoms with E-state index in [2.05, 4.69) is 29.1 Å². The average molecular weight is 269 g/mol. The first-order valence-corrected chi connectivity index (χ1v) is 7.00. The van der Waals surface area contributed by atoms with E-state index in [0.717, 1.165) is 11.5 Å². The van der Waals surface area contributed by atoms with Gasteiger partial charge in [-0.1, -0.05) is 6.92 Å². The van der Waals surface area contributed by atoms with Gasteiger partial charge in [-0.25, -0.2) is 14.8 Å². The van der Waals surface area contributed by atoms with E-state index in [9.17, 15) is 4.79 Å². The van der Waals surface area contributed by atoms with Crippen molar-refractivity contribution in [1.82, 2.24) is 9.97 Å². The minimum Gasteiger partial charge on any atom is -0.465 e. The highest BCUT2D eigenvalue weighted by Gasteiger charge is 2.15. The van der Waals surface area contributed by atoms with Gasteiger partial charge in [-0.05, 0) is 19.6 Å². The van der Waals surface area contributed by atoms with E-state index in [-0.39, 0.29) is 6.04 Å². The van der Waals surface area contributed by atoms with Crippen LogP contribution in [0.2, 0.25) is 0 Å². The van der Waals surface area contributed by atoms with E-state index in [1.54, 1.807) is 6.92 Å². The Morgan fingerprint density at radius 3 is 2.94 bits per heavy atom. The van der Waals surface area contributed by atoms with E-state index >= 15 is 0 Å². The molecule has 100 valence electrons. The number of hydrogen-bond donors (Lipinski definition) is 1. The van der Waals surface area contributed by atoms with E-state index in [1.807, 2.05) is 11.8 Å². The lowest BCUT2D eigenvalue weighted by Crippen LogP contribution is -2.22. The molecule has 1 aromatic heterocycles. The Hall–Kier alpha value is -1.30. The molecular weight excluding hydrogens is 250 g/mol. The molecule has 1 N–H and O–H groups in total. The number of carbonyl (C=O) groups excluding carboxylic acids is 1. The standard InChI is InChI=1S/C12H19N3O2S/c1-5-18-7-8(2)14-11-10(12(16)17-4)6-13-9(3)15-11/h6,8H,5,7H2,1-4H3,(H,13,14,15). The Morgan fingerprint density at radius 2 is 2.33 bits per heavy atom. The minimum absolute atomic E-state index is 0.229. The van der Waals surface area contributed by atoms with Gasteiger partial charge in [-0.3, -0.25) is 0 Å². The van der Waals surface area contributed by atoms with Crippen molar-refractivity contribution in [3.8, 4) is 0 Å². The Balaban J connectivity index is 2.85. The molecule has 0 amide bonds. The molecule has 18 heavy (non-hydrogen) atoms. The second-order valence-electron chi connectivity index (χ2n) is 3.88. The van der Waals surface area contributed by atoms with Crippen molar-refractivity contribution in [2.24, 2.45) is 0 Å². The average Bonchev–Trinajstić information content (AvgIpc) is 2.35. The Morgan fingerprint density at radius 1 is 1.61 bits per heavy atom. The zero-order chi connectivity index (χ0) is 13.5. The van der Waals surface area contributed by atoms with Crippen molar-refractivity contribution in [3.63, 3.8) is 0 Å². The molecule has 0 fully saturated rings. The second kappa shape index (κ2) is 7.20. The normalized spacial score (nSPS) is 12.0. The number of aromatic nitrogens is 2. The van der Waals surface area contributed by atoms with E-state index < -0.39 is 5.97 Å². The fraction of sp³-hybridized carbons (Fsp3) is 0.583. The molecule has 0 aliphatic rings. The Kier molecular flexibility index (Phi) is 5.91. The van der Waals surface area contributed by atoms with E-state index in [4.69, 9.17) is 4.74 Å². The van der Waals surface area contributed by atoms with Gasteiger partial charge in [0, 0.05) is 18.0 Å². The van der Waals surface area contributed by atoms with Crippen LogP contribution >= 0.6 is 11.8 Å². The van der Waals surface area contributed by atoms with Gasteiger partial charge in [0.05, 0.1) is 7.11 Å². The number of hydrogen-bond acceptors (Lipinski definition) is 6. The molecule has 0 radical (unpaired) electrons. The Bertz CT molecular complexity index is 412. The van der Waals surface area contributed by atoms with E-state index in [0.29, 0.717) is 17.2 Å². The summed E-state index contributed by atoms with van der Waals surface area (Å²) < 4.78 is 4.72. The van der Waals surface area contributed by atoms with Crippen LogP contribution in [0.25, 0.3) is 0 Å². The molecule has 0 spiro atoms. The van der Waals surface area contributed by atoms with Gasteiger partial charge in [-0.2, -0.15) is 11.8 Å². The lowest BCUT2D eigenvalue weighted by Gasteiger charge is -2.16. The maximum atomic E-state index is 11.6. The van der Waals surface area contributed by atoms with Crippen molar-refractivity contribution >= 4 is 23.5 Å². The SMILES string of the molecule is CCSCC(C)Nc1nc(C)ncc1C(=O)OC. The first-order chi connectivity index (χ1) is 8.58. The Labute approximate surface area is 112 Å². The molecule has 0 aliphatic heterocycles. The topological polar surface area (TPSA) is 64.1 Å². The van der Waals surface area contributed by atoms with Gasteiger partial charge >= 0.3 is 5.97 Å². The van der Waals surface area contributed by atoms with Crippen LogP contribution in [-0.2, 0) is 4.74 Å². The zero-order valence-electron chi connectivity index (χ0n) is 11.2. The van der Waals surface area contributed by atoms with Crippen molar-refractivity contribution in [2.45, 2.75) is 26.8 Å². The first-order valence-electron chi connectivity index (χ1n) is 5.84. The second-order valence-corrected chi connectivity index (χ2v) is 5.19. The molecule has 0 aromatic carbocycles. The van der Waals surface area contributed by atoms with Crippen molar-refractivity contribution < 1.29 is 9.53 Å². The molecule has 1 aromatic rings. The van der Waals surface area contributed by atoms with Crippen molar-refractivity contribution in [3.05, 3.63) is 17.6 Å². The summed E-state index contributed by atoms with van der Waals surface area (Å²) in [6, 6.07) is 0.229. The smallest absolute Gasteiger partial charge is 0.343 e. The fourth-order valence-corrected chi connectivity index (χ4v) is 2.08.